The summed E-state index contributed by atoms with van der Waals surface area (Å²) in [6, 6.07) is 4.79. The highest BCUT2D eigenvalue weighted by molar-refractivity contribution is 5.92. The van der Waals surface area contributed by atoms with E-state index >= 15 is 0 Å². The van der Waals surface area contributed by atoms with Crippen LogP contribution in [0.3, 0.4) is 0 Å². The minimum absolute atomic E-state index is 0.147. The summed E-state index contributed by atoms with van der Waals surface area (Å²) in [5, 5.41) is 9.05. The van der Waals surface area contributed by atoms with Crippen molar-refractivity contribution in [3.05, 3.63) is 23.8 Å². The first-order chi connectivity index (χ1) is 11.1. The maximum Gasteiger partial charge on any atom is 0.335 e. The number of nitrogens with zero attached hydrogens (tertiary/aromatic N) is 2. The highest BCUT2D eigenvalue weighted by atomic mass is 16.5. The van der Waals surface area contributed by atoms with Crippen LogP contribution >= 0.6 is 0 Å². The molecule has 0 amide bonds. The van der Waals surface area contributed by atoms with Gasteiger partial charge >= 0.3 is 11.9 Å². The van der Waals surface area contributed by atoms with Crippen LogP contribution in [0.25, 0.3) is 11.0 Å². The number of H-pyrrole nitrogens is 1. The Balaban J connectivity index is 1.82. The average Bonchev–Trinajstić information content (AvgIpc) is 2.98. The summed E-state index contributed by atoms with van der Waals surface area (Å²) in [7, 11) is 0. The molecule has 1 aliphatic rings. The first kappa shape index (κ1) is 15.3. The van der Waals surface area contributed by atoms with Gasteiger partial charge in [0.25, 0.3) is 0 Å². The minimum atomic E-state index is -0.969. The van der Waals surface area contributed by atoms with E-state index < -0.39 is 5.97 Å². The minimum Gasteiger partial charge on any atom is -0.478 e. The Hall–Kier alpha value is -2.57. The van der Waals surface area contributed by atoms with E-state index in [2.05, 4.69) is 9.97 Å². The molecule has 0 spiro atoms. The molecule has 2 aromatic rings. The van der Waals surface area contributed by atoms with Crippen molar-refractivity contribution in [2.45, 2.75) is 19.8 Å². The number of aromatic amines is 1. The van der Waals surface area contributed by atoms with Crippen molar-refractivity contribution in [1.82, 2.24) is 9.97 Å². The van der Waals surface area contributed by atoms with E-state index in [9.17, 15) is 9.59 Å². The molecule has 23 heavy (non-hydrogen) atoms. The smallest absolute Gasteiger partial charge is 0.335 e. The van der Waals surface area contributed by atoms with Gasteiger partial charge in [-0.25, -0.2) is 9.78 Å². The molecule has 1 aromatic carbocycles. The van der Waals surface area contributed by atoms with E-state index in [1.165, 1.54) is 6.07 Å². The largest absolute Gasteiger partial charge is 0.478 e. The van der Waals surface area contributed by atoms with Crippen molar-refractivity contribution in [1.29, 1.82) is 0 Å². The Morgan fingerprint density at radius 2 is 2.30 bits per heavy atom. The number of nitrogens with one attached hydrogen (secondary N) is 1. The summed E-state index contributed by atoms with van der Waals surface area (Å²) in [6.45, 7) is 3.56. The Kier molecular flexibility index (Phi) is 4.18. The number of carbonyl (C=O) groups is 2. The van der Waals surface area contributed by atoms with Crippen molar-refractivity contribution in [2.24, 2.45) is 5.92 Å². The average molecular weight is 317 g/mol. The number of benzene rings is 1. The van der Waals surface area contributed by atoms with Crippen LogP contribution in [0.2, 0.25) is 0 Å². The lowest BCUT2D eigenvalue weighted by Gasteiger charge is -2.31. The number of carboxylic acid groups (broad SMARTS) is 1. The number of ether oxygens (including phenoxy) is 1. The number of anilines is 1. The predicted molar refractivity (Wildman–Crippen MR) is 84.6 cm³/mol. The van der Waals surface area contributed by atoms with Crippen LogP contribution in [0.15, 0.2) is 18.2 Å². The lowest BCUT2D eigenvalue weighted by Crippen LogP contribution is -2.40. The van der Waals surface area contributed by atoms with E-state index in [4.69, 9.17) is 9.84 Å². The molecule has 122 valence electrons. The molecule has 2 N–H and O–H groups in total. The van der Waals surface area contributed by atoms with Gasteiger partial charge in [-0.3, -0.25) is 4.79 Å². The number of rotatable bonds is 4. The number of hydrogen-bond acceptors (Lipinski definition) is 5. The molecule has 2 heterocycles. The third-order valence-electron chi connectivity index (χ3n) is 4.06. The van der Waals surface area contributed by atoms with Gasteiger partial charge in [-0.2, -0.15) is 0 Å². The van der Waals surface area contributed by atoms with Gasteiger partial charge in [-0.15, -0.1) is 0 Å². The van der Waals surface area contributed by atoms with Gasteiger partial charge in [0.05, 0.1) is 29.1 Å². The molecule has 3 rings (SSSR count). The molecular weight excluding hydrogens is 298 g/mol. The molecule has 7 nitrogen and oxygen atoms in total. The number of esters is 1. The fraction of sp³-hybridized carbons (Fsp3) is 0.438. The van der Waals surface area contributed by atoms with Gasteiger partial charge in [-0.05, 0) is 38.0 Å². The molecule has 1 saturated heterocycles. The van der Waals surface area contributed by atoms with Gasteiger partial charge in [0, 0.05) is 13.1 Å². The van der Waals surface area contributed by atoms with Crippen LogP contribution in [-0.2, 0) is 9.53 Å². The van der Waals surface area contributed by atoms with Crippen LogP contribution in [0.4, 0.5) is 5.95 Å². The van der Waals surface area contributed by atoms with Crippen LogP contribution in [0, 0.1) is 5.92 Å². The summed E-state index contributed by atoms with van der Waals surface area (Å²) in [5.74, 6) is -0.618. The number of carboxylic acids is 1. The number of carbonyl (C=O) groups excluding carboxylic acids is 1. The Morgan fingerprint density at radius 1 is 1.48 bits per heavy atom. The Bertz CT molecular complexity index is 740. The topological polar surface area (TPSA) is 95.5 Å². The zero-order valence-corrected chi connectivity index (χ0v) is 12.9. The maximum absolute atomic E-state index is 11.9. The quantitative estimate of drug-likeness (QED) is 0.838. The molecule has 1 aromatic heterocycles. The van der Waals surface area contributed by atoms with Gasteiger partial charge in [0.15, 0.2) is 0 Å². The highest BCUT2D eigenvalue weighted by Gasteiger charge is 2.28. The Labute approximate surface area is 133 Å². The van der Waals surface area contributed by atoms with Crippen LogP contribution in [0.1, 0.15) is 30.1 Å². The fourth-order valence-corrected chi connectivity index (χ4v) is 2.90. The molecule has 1 aliphatic heterocycles. The maximum atomic E-state index is 11.9. The van der Waals surface area contributed by atoms with Crippen molar-refractivity contribution in [2.75, 3.05) is 24.6 Å². The molecule has 1 atom stereocenters. The van der Waals surface area contributed by atoms with Gasteiger partial charge in [0.2, 0.25) is 5.95 Å². The van der Waals surface area contributed by atoms with Crippen molar-refractivity contribution in [3.63, 3.8) is 0 Å². The second kappa shape index (κ2) is 6.28. The number of imidazole rings is 1. The highest BCUT2D eigenvalue weighted by Crippen LogP contribution is 2.24. The third-order valence-corrected chi connectivity index (χ3v) is 4.06. The summed E-state index contributed by atoms with van der Waals surface area (Å²) in [4.78, 5) is 32.6. The summed E-state index contributed by atoms with van der Waals surface area (Å²) < 4.78 is 5.11. The monoisotopic (exact) mass is 317 g/mol. The Morgan fingerprint density at radius 3 is 3.04 bits per heavy atom. The molecule has 0 aliphatic carbocycles. The standard InChI is InChI=1S/C16H19N3O4/c1-2-23-15(22)11-4-3-7-19(9-11)16-17-12-6-5-10(14(20)21)8-13(12)18-16/h5-6,8,11H,2-4,7,9H2,1H3,(H,17,18)(H,20,21). The van der Waals surface area contributed by atoms with Crippen molar-refractivity contribution < 1.29 is 19.4 Å². The second-order valence-corrected chi connectivity index (χ2v) is 5.63. The normalized spacial score (nSPS) is 18.1. The molecule has 0 radical (unpaired) electrons. The van der Waals surface area contributed by atoms with Crippen LogP contribution < -0.4 is 4.90 Å². The number of piperidine rings is 1. The summed E-state index contributed by atoms with van der Waals surface area (Å²) in [5.41, 5.74) is 1.61. The van der Waals surface area contributed by atoms with Crippen LogP contribution in [0.5, 0.6) is 0 Å². The predicted octanol–water partition coefficient (Wildman–Crippen LogP) is 2.04. The number of hydrogen-bond donors (Lipinski definition) is 2. The first-order valence-electron chi connectivity index (χ1n) is 7.73. The van der Waals surface area contributed by atoms with E-state index in [0.717, 1.165) is 19.4 Å². The van der Waals surface area contributed by atoms with E-state index in [1.54, 1.807) is 19.1 Å². The van der Waals surface area contributed by atoms with Crippen molar-refractivity contribution in [3.8, 4) is 0 Å². The van der Waals surface area contributed by atoms with Crippen molar-refractivity contribution >= 4 is 28.9 Å². The van der Waals surface area contributed by atoms with E-state index in [1.807, 2.05) is 4.90 Å². The zero-order chi connectivity index (χ0) is 16.4. The number of aromatic nitrogens is 2. The third kappa shape index (κ3) is 3.13. The molecule has 7 heteroatoms. The molecule has 0 saturated carbocycles. The lowest BCUT2D eigenvalue weighted by atomic mass is 9.98. The molecule has 1 fully saturated rings. The molecular formula is C16H19N3O4. The number of aromatic carboxylic acids is 1. The molecule has 1 unspecified atom stereocenters. The zero-order valence-electron chi connectivity index (χ0n) is 12.9. The summed E-state index contributed by atoms with van der Waals surface area (Å²) in [6.07, 6.45) is 1.71. The second-order valence-electron chi connectivity index (χ2n) is 5.63. The van der Waals surface area contributed by atoms with Gasteiger partial charge in [-0.1, -0.05) is 0 Å². The van der Waals surface area contributed by atoms with Gasteiger partial charge in [0.1, 0.15) is 0 Å². The first-order valence-corrected chi connectivity index (χ1v) is 7.73. The van der Waals surface area contributed by atoms with E-state index in [0.29, 0.717) is 30.1 Å². The van der Waals surface area contributed by atoms with Crippen LogP contribution in [-0.4, -0.2) is 46.7 Å². The SMILES string of the molecule is CCOC(=O)C1CCCN(c2nc3ccc(C(=O)O)cc3[nH]2)C1. The lowest BCUT2D eigenvalue weighted by molar-refractivity contribution is -0.148. The fourth-order valence-electron chi connectivity index (χ4n) is 2.90. The molecule has 0 bridgehead atoms. The van der Waals surface area contributed by atoms with Gasteiger partial charge < -0.3 is 19.7 Å². The summed E-state index contributed by atoms with van der Waals surface area (Å²) >= 11 is 0. The van der Waals surface area contributed by atoms with E-state index in [-0.39, 0.29) is 17.5 Å². The number of fused-ring (bicyclic) bond motifs is 1.